The number of hydrogen-bond acceptors (Lipinski definition) is 0. The third-order valence-electron chi connectivity index (χ3n) is 3.18. The Morgan fingerprint density at radius 1 is 0.810 bits per heavy atom. The standard InChI is InChI=1S/C16H13F4I/c17-13-7-10(3-1-2-6-21)4-5-12(13)11-8-14(18)16(20)15(19)9-11/h4-5,7-9H,1-3,6H2. The Bertz CT molecular complexity index is 617. The minimum atomic E-state index is -1.55. The number of halogens is 5. The molecule has 2 aromatic rings. The zero-order valence-corrected chi connectivity index (χ0v) is 13.3. The first kappa shape index (κ1) is 16.3. The fourth-order valence-corrected chi connectivity index (χ4v) is 2.62. The molecule has 5 heteroatoms. The molecule has 0 radical (unpaired) electrons. The second kappa shape index (κ2) is 7.24. The summed E-state index contributed by atoms with van der Waals surface area (Å²) in [7, 11) is 0. The first-order chi connectivity index (χ1) is 10.0. The quantitative estimate of drug-likeness (QED) is 0.197. The largest absolute Gasteiger partial charge is 0.206 e. The molecule has 0 fully saturated rings. The maximum Gasteiger partial charge on any atom is 0.194 e. The van der Waals surface area contributed by atoms with Crippen LogP contribution in [0.3, 0.4) is 0 Å². The highest BCUT2D eigenvalue weighted by Gasteiger charge is 2.14. The van der Waals surface area contributed by atoms with Crippen molar-refractivity contribution >= 4 is 22.6 Å². The Hall–Kier alpha value is -1.11. The van der Waals surface area contributed by atoms with E-state index in [0.717, 1.165) is 41.4 Å². The van der Waals surface area contributed by atoms with Crippen LogP contribution in [0.2, 0.25) is 0 Å². The van der Waals surface area contributed by atoms with E-state index >= 15 is 0 Å². The van der Waals surface area contributed by atoms with Gasteiger partial charge in [-0.1, -0.05) is 34.7 Å². The second-order valence-corrected chi connectivity index (χ2v) is 5.79. The van der Waals surface area contributed by atoms with Crippen LogP contribution in [0.4, 0.5) is 17.6 Å². The molecule has 0 heterocycles. The predicted molar refractivity (Wildman–Crippen MR) is 83.5 cm³/mol. The summed E-state index contributed by atoms with van der Waals surface area (Å²) in [6.45, 7) is 0. The molecule has 0 bridgehead atoms. The molecule has 0 nitrogen and oxygen atoms in total. The van der Waals surface area contributed by atoms with E-state index in [-0.39, 0.29) is 11.1 Å². The summed E-state index contributed by atoms with van der Waals surface area (Å²) in [4.78, 5) is 0. The van der Waals surface area contributed by atoms with Gasteiger partial charge in [0.15, 0.2) is 17.5 Å². The third kappa shape index (κ3) is 3.96. The van der Waals surface area contributed by atoms with Crippen LogP contribution in [-0.2, 0) is 6.42 Å². The van der Waals surface area contributed by atoms with Gasteiger partial charge in [0.05, 0.1) is 0 Å². The fourth-order valence-electron chi connectivity index (χ4n) is 2.08. The van der Waals surface area contributed by atoms with Gasteiger partial charge in [-0.15, -0.1) is 0 Å². The summed E-state index contributed by atoms with van der Waals surface area (Å²) in [5.74, 6) is -4.76. The van der Waals surface area contributed by atoms with E-state index in [1.54, 1.807) is 6.07 Å². The predicted octanol–water partition coefficient (Wildman–Crippen LogP) is 5.67. The van der Waals surface area contributed by atoms with Crippen molar-refractivity contribution < 1.29 is 17.6 Å². The Balaban J connectivity index is 2.29. The van der Waals surface area contributed by atoms with E-state index < -0.39 is 23.3 Å². The van der Waals surface area contributed by atoms with Gasteiger partial charge >= 0.3 is 0 Å². The van der Waals surface area contributed by atoms with Gasteiger partial charge < -0.3 is 0 Å². The van der Waals surface area contributed by atoms with Crippen molar-refractivity contribution in [1.82, 2.24) is 0 Å². The molecule has 0 unspecified atom stereocenters. The number of unbranched alkanes of at least 4 members (excludes halogenated alkanes) is 1. The molecule has 0 amide bonds. The van der Waals surface area contributed by atoms with Gasteiger partial charge in [0.25, 0.3) is 0 Å². The van der Waals surface area contributed by atoms with Gasteiger partial charge in [-0.3, -0.25) is 0 Å². The molecule has 21 heavy (non-hydrogen) atoms. The minimum absolute atomic E-state index is 0.0114. The van der Waals surface area contributed by atoms with Crippen LogP contribution >= 0.6 is 22.6 Å². The van der Waals surface area contributed by atoms with Crippen LogP contribution < -0.4 is 0 Å². The van der Waals surface area contributed by atoms with E-state index in [1.165, 1.54) is 12.1 Å². The molecular weight excluding hydrogens is 395 g/mol. The van der Waals surface area contributed by atoms with Gasteiger partial charge in [-0.05, 0) is 53.0 Å². The molecule has 0 spiro atoms. The van der Waals surface area contributed by atoms with Crippen LogP contribution in [0.15, 0.2) is 30.3 Å². The van der Waals surface area contributed by atoms with Crippen molar-refractivity contribution in [3.63, 3.8) is 0 Å². The highest BCUT2D eigenvalue weighted by molar-refractivity contribution is 14.1. The van der Waals surface area contributed by atoms with E-state index in [1.807, 2.05) is 0 Å². The highest BCUT2D eigenvalue weighted by Crippen LogP contribution is 2.27. The van der Waals surface area contributed by atoms with Gasteiger partial charge in [0, 0.05) is 5.56 Å². The van der Waals surface area contributed by atoms with E-state index in [2.05, 4.69) is 22.6 Å². The summed E-state index contributed by atoms with van der Waals surface area (Å²) < 4.78 is 54.4. The number of hydrogen-bond donors (Lipinski definition) is 0. The Labute approximate surface area is 134 Å². The summed E-state index contributed by atoms with van der Waals surface area (Å²) >= 11 is 2.28. The normalized spacial score (nSPS) is 10.9. The molecule has 0 N–H and O–H groups in total. The number of rotatable bonds is 5. The van der Waals surface area contributed by atoms with Gasteiger partial charge in [-0.2, -0.15) is 0 Å². The first-order valence-corrected chi connectivity index (χ1v) is 8.05. The molecule has 2 rings (SSSR count). The van der Waals surface area contributed by atoms with Crippen LogP contribution in [-0.4, -0.2) is 4.43 Å². The zero-order chi connectivity index (χ0) is 15.4. The number of aryl methyl sites for hydroxylation is 1. The van der Waals surface area contributed by atoms with Crippen molar-refractivity contribution in [2.45, 2.75) is 19.3 Å². The SMILES string of the molecule is Fc1cc(CCCCI)ccc1-c1cc(F)c(F)c(F)c1. The number of alkyl halides is 1. The van der Waals surface area contributed by atoms with Crippen molar-refractivity contribution in [3.8, 4) is 11.1 Å². The lowest BCUT2D eigenvalue weighted by atomic mass is 10.0. The van der Waals surface area contributed by atoms with Crippen molar-refractivity contribution in [1.29, 1.82) is 0 Å². The van der Waals surface area contributed by atoms with Gasteiger partial charge in [0.2, 0.25) is 0 Å². The Morgan fingerprint density at radius 3 is 2.05 bits per heavy atom. The summed E-state index contributed by atoms with van der Waals surface area (Å²) in [6.07, 6.45) is 2.77. The molecule has 0 aromatic heterocycles. The molecule has 0 atom stereocenters. The molecule has 0 aliphatic heterocycles. The molecule has 0 aliphatic rings. The Kier molecular flexibility index (Phi) is 5.61. The lowest BCUT2D eigenvalue weighted by molar-refractivity contribution is 0.447. The Morgan fingerprint density at radius 2 is 1.48 bits per heavy atom. The van der Waals surface area contributed by atoms with Crippen molar-refractivity contribution in [2.75, 3.05) is 4.43 Å². The third-order valence-corrected chi connectivity index (χ3v) is 3.94. The molecule has 0 saturated heterocycles. The molecule has 2 aromatic carbocycles. The monoisotopic (exact) mass is 408 g/mol. The topological polar surface area (TPSA) is 0 Å². The van der Waals surface area contributed by atoms with E-state index in [4.69, 9.17) is 0 Å². The fraction of sp³-hybridized carbons (Fsp3) is 0.250. The van der Waals surface area contributed by atoms with Crippen LogP contribution in [0.1, 0.15) is 18.4 Å². The average Bonchev–Trinajstić information content (AvgIpc) is 2.45. The van der Waals surface area contributed by atoms with Crippen LogP contribution in [0, 0.1) is 23.3 Å². The maximum absolute atomic E-state index is 14.1. The second-order valence-electron chi connectivity index (χ2n) is 4.71. The smallest absolute Gasteiger partial charge is 0.194 e. The number of benzene rings is 2. The lowest BCUT2D eigenvalue weighted by Gasteiger charge is -2.07. The molecule has 112 valence electrons. The highest BCUT2D eigenvalue weighted by atomic mass is 127. The van der Waals surface area contributed by atoms with E-state index in [9.17, 15) is 17.6 Å². The summed E-state index contributed by atoms with van der Waals surface area (Å²) in [5.41, 5.74) is 0.886. The maximum atomic E-state index is 14.1. The zero-order valence-electron chi connectivity index (χ0n) is 11.1. The first-order valence-electron chi connectivity index (χ1n) is 6.52. The van der Waals surface area contributed by atoms with Gasteiger partial charge in [0.1, 0.15) is 5.82 Å². The van der Waals surface area contributed by atoms with E-state index in [0.29, 0.717) is 0 Å². The minimum Gasteiger partial charge on any atom is -0.206 e. The van der Waals surface area contributed by atoms with Crippen LogP contribution in [0.5, 0.6) is 0 Å². The molecule has 0 aliphatic carbocycles. The average molecular weight is 408 g/mol. The van der Waals surface area contributed by atoms with Gasteiger partial charge in [-0.25, -0.2) is 17.6 Å². The summed E-state index contributed by atoms with van der Waals surface area (Å²) in [5, 5.41) is 0. The lowest BCUT2D eigenvalue weighted by Crippen LogP contribution is -1.95. The molecular formula is C16H13F4I. The van der Waals surface area contributed by atoms with Crippen molar-refractivity contribution in [3.05, 3.63) is 59.2 Å². The van der Waals surface area contributed by atoms with Crippen molar-refractivity contribution in [2.24, 2.45) is 0 Å². The molecule has 0 saturated carbocycles. The van der Waals surface area contributed by atoms with Crippen LogP contribution in [0.25, 0.3) is 11.1 Å². The summed E-state index contributed by atoms with van der Waals surface area (Å²) in [6, 6.07) is 6.16.